The summed E-state index contributed by atoms with van der Waals surface area (Å²) in [6, 6.07) is 0. The third-order valence-corrected chi connectivity index (χ3v) is 1.82. The van der Waals surface area contributed by atoms with Gasteiger partial charge in [0.15, 0.2) is 0 Å². The second kappa shape index (κ2) is 2.40. The maximum Gasteiger partial charge on any atom is 0.221 e. The summed E-state index contributed by atoms with van der Waals surface area (Å²) < 4.78 is 5.07. The molecule has 0 aromatic carbocycles. The van der Waals surface area contributed by atoms with Gasteiger partial charge in [0.05, 0.1) is 0 Å². The highest BCUT2D eigenvalue weighted by molar-refractivity contribution is 4.95. The number of hydrogen-bond acceptors (Lipinski definition) is 3. The van der Waals surface area contributed by atoms with Crippen molar-refractivity contribution in [2.24, 2.45) is 0 Å². The molecule has 1 rings (SSSR count). The molecule has 10 heavy (non-hydrogen) atoms. The van der Waals surface area contributed by atoms with Crippen molar-refractivity contribution in [3.05, 3.63) is 12.3 Å². The molecule has 1 heterocycles. The van der Waals surface area contributed by atoms with Crippen molar-refractivity contribution in [1.82, 2.24) is 10.2 Å². The van der Waals surface area contributed by atoms with Crippen LogP contribution in [0.15, 0.2) is 10.8 Å². The minimum atomic E-state index is 0.0243. The van der Waals surface area contributed by atoms with E-state index < -0.39 is 0 Å². The van der Waals surface area contributed by atoms with Gasteiger partial charge in [-0.15, -0.1) is 10.2 Å². The van der Waals surface area contributed by atoms with Crippen LogP contribution in [0.4, 0.5) is 0 Å². The fraction of sp³-hybridized carbons (Fsp3) is 0.714. The van der Waals surface area contributed by atoms with Gasteiger partial charge in [-0.05, 0) is 6.42 Å². The Labute approximate surface area is 60.5 Å². The van der Waals surface area contributed by atoms with E-state index in [9.17, 15) is 0 Å². The first-order chi connectivity index (χ1) is 4.67. The van der Waals surface area contributed by atoms with Crippen molar-refractivity contribution < 1.29 is 4.42 Å². The van der Waals surface area contributed by atoms with Crippen molar-refractivity contribution >= 4 is 0 Å². The number of nitrogens with zero attached hydrogens (tertiary/aromatic N) is 2. The largest absolute Gasteiger partial charge is 0.427 e. The van der Waals surface area contributed by atoms with Gasteiger partial charge in [-0.2, -0.15) is 0 Å². The highest BCUT2D eigenvalue weighted by Gasteiger charge is 2.23. The Morgan fingerprint density at radius 2 is 2.30 bits per heavy atom. The van der Waals surface area contributed by atoms with Crippen LogP contribution in [0.1, 0.15) is 33.1 Å². The summed E-state index contributed by atoms with van der Waals surface area (Å²) >= 11 is 0. The lowest BCUT2D eigenvalue weighted by Gasteiger charge is -2.15. The zero-order valence-electron chi connectivity index (χ0n) is 6.59. The molecule has 0 aliphatic rings. The van der Waals surface area contributed by atoms with Gasteiger partial charge in [-0.25, -0.2) is 0 Å². The Kier molecular flexibility index (Phi) is 1.74. The fourth-order valence-corrected chi connectivity index (χ4v) is 0.619. The van der Waals surface area contributed by atoms with Gasteiger partial charge in [-0.1, -0.05) is 20.8 Å². The summed E-state index contributed by atoms with van der Waals surface area (Å²) in [7, 11) is 0. The van der Waals surface area contributed by atoms with E-state index in [1.165, 1.54) is 6.39 Å². The molecule has 56 valence electrons. The maximum absolute atomic E-state index is 5.07. The SMILES string of the molecule is CCC(C)(C)c1nnco1. The Morgan fingerprint density at radius 3 is 2.70 bits per heavy atom. The van der Waals surface area contributed by atoms with E-state index in [0.29, 0.717) is 0 Å². The Balaban J connectivity index is 2.85. The zero-order valence-corrected chi connectivity index (χ0v) is 6.59. The van der Waals surface area contributed by atoms with E-state index in [1.54, 1.807) is 0 Å². The summed E-state index contributed by atoms with van der Waals surface area (Å²) in [4.78, 5) is 0. The maximum atomic E-state index is 5.07. The first-order valence-electron chi connectivity index (χ1n) is 3.43. The molecule has 0 amide bonds. The normalized spacial score (nSPS) is 11.9. The number of hydrogen-bond donors (Lipinski definition) is 0. The lowest BCUT2D eigenvalue weighted by Crippen LogP contribution is -2.15. The minimum Gasteiger partial charge on any atom is -0.427 e. The molecule has 0 saturated heterocycles. The second-order valence-corrected chi connectivity index (χ2v) is 2.98. The molecule has 3 nitrogen and oxygen atoms in total. The van der Waals surface area contributed by atoms with Crippen molar-refractivity contribution in [2.45, 2.75) is 32.6 Å². The van der Waals surface area contributed by atoms with Crippen LogP contribution in [0.5, 0.6) is 0 Å². The van der Waals surface area contributed by atoms with Gasteiger partial charge in [0.2, 0.25) is 12.3 Å². The van der Waals surface area contributed by atoms with Crippen molar-refractivity contribution in [3.63, 3.8) is 0 Å². The standard InChI is InChI=1S/C7H12N2O/c1-4-7(2,3)6-9-8-5-10-6/h5H,4H2,1-3H3. The summed E-state index contributed by atoms with van der Waals surface area (Å²) in [5.74, 6) is 0.718. The van der Waals surface area contributed by atoms with E-state index >= 15 is 0 Å². The van der Waals surface area contributed by atoms with Crippen molar-refractivity contribution in [1.29, 1.82) is 0 Å². The van der Waals surface area contributed by atoms with Crippen LogP contribution in [-0.4, -0.2) is 10.2 Å². The van der Waals surface area contributed by atoms with Gasteiger partial charge < -0.3 is 4.42 Å². The Hall–Kier alpha value is -0.860. The van der Waals surface area contributed by atoms with Gasteiger partial charge in [0.1, 0.15) is 0 Å². The van der Waals surface area contributed by atoms with Crippen LogP contribution in [0.25, 0.3) is 0 Å². The summed E-state index contributed by atoms with van der Waals surface area (Å²) in [6.45, 7) is 6.27. The van der Waals surface area contributed by atoms with Crippen molar-refractivity contribution in [2.75, 3.05) is 0 Å². The van der Waals surface area contributed by atoms with E-state index in [2.05, 4.69) is 31.0 Å². The number of aromatic nitrogens is 2. The average molecular weight is 140 g/mol. The highest BCUT2D eigenvalue weighted by Crippen LogP contribution is 2.23. The first kappa shape index (κ1) is 7.25. The third-order valence-electron chi connectivity index (χ3n) is 1.82. The van der Waals surface area contributed by atoms with Gasteiger partial charge in [0, 0.05) is 5.41 Å². The second-order valence-electron chi connectivity index (χ2n) is 2.98. The van der Waals surface area contributed by atoms with Crippen LogP contribution in [0.2, 0.25) is 0 Å². The topological polar surface area (TPSA) is 38.9 Å². The highest BCUT2D eigenvalue weighted by atomic mass is 16.4. The quantitative estimate of drug-likeness (QED) is 0.628. The molecule has 0 aliphatic heterocycles. The molecular weight excluding hydrogens is 128 g/mol. The molecule has 3 heteroatoms. The summed E-state index contributed by atoms with van der Waals surface area (Å²) in [5, 5.41) is 7.46. The predicted octanol–water partition coefficient (Wildman–Crippen LogP) is 1.76. The fourth-order valence-electron chi connectivity index (χ4n) is 0.619. The molecule has 0 N–H and O–H groups in total. The van der Waals surface area contributed by atoms with Crippen LogP contribution >= 0.6 is 0 Å². The molecule has 1 aromatic heterocycles. The first-order valence-corrected chi connectivity index (χ1v) is 3.43. The van der Waals surface area contributed by atoms with Crippen LogP contribution in [-0.2, 0) is 5.41 Å². The zero-order chi connectivity index (χ0) is 7.61. The summed E-state index contributed by atoms with van der Waals surface area (Å²) in [5.41, 5.74) is 0.0243. The van der Waals surface area contributed by atoms with E-state index in [0.717, 1.165) is 12.3 Å². The average Bonchev–Trinajstić information content (AvgIpc) is 2.38. The third kappa shape index (κ3) is 1.17. The van der Waals surface area contributed by atoms with E-state index in [4.69, 9.17) is 4.42 Å². The molecule has 0 radical (unpaired) electrons. The van der Waals surface area contributed by atoms with Gasteiger partial charge >= 0.3 is 0 Å². The lowest BCUT2D eigenvalue weighted by atomic mass is 9.90. The predicted molar refractivity (Wildman–Crippen MR) is 37.6 cm³/mol. The van der Waals surface area contributed by atoms with Gasteiger partial charge in [0.25, 0.3) is 0 Å². The van der Waals surface area contributed by atoms with E-state index in [-0.39, 0.29) is 5.41 Å². The lowest BCUT2D eigenvalue weighted by molar-refractivity contribution is 0.360. The minimum absolute atomic E-state index is 0.0243. The van der Waals surface area contributed by atoms with Crippen LogP contribution < -0.4 is 0 Å². The van der Waals surface area contributed by atoms with Gasteiger partial charge in [-0.3, -0.25) is 0 Å². The smallest absolute Gasteiger partial charge is 0.221 e. The Bertz CT molecular complexity index is 191. The molecule has 0 aliphatic carbocycles. The molecular formula is C7H12N2O. The molecule has 0 atom stereocenters. The van der Waals surface area contributed by atoms with E-state index in [1.807, 2.05) is 0 Å². The molecule has 0 saturated carbocycles. The summed E-state index contributed by atoms with van der Waals surface area (Å²) in [6.07, 6.45) is 2.38. The monoisotopic (exact) mass is 140 g/mol. The molecule has 1 aromatic rings. The van der Waals surface area contributed by atoms with Crippen LogP contribution in [0, 0.1) is 0 Å². The molecule has 0 unspecified atom stereocenters. The molecule has 0 spiro atoms. The van der Waals surface area contributed by atoms with Crippen LogP contribution in [0.3, 0.4) is 0 Å². The molecule has 0 bridgehead atoms. The number of rotatable bonds is 2. The molecule has 0 fully saturated rings. The Morgan fingerprint density at radius 1 is 1.60 bits per heavy atom. The van der Waals surface area contributed by atoms with Crippen molar-refractivity contribution in [3.8, 4) is 0 Å².